The van der Waals surface area contributed by atoms with Crippen molar-refractivity contribution >= 4 is 15.7 Å². The minimum Gasteiger partial charge on any atom is -0.373 e. The number of rotatable bonds is 3. The number of anilines is 1. The first-order chi connectivity index (χ1) is 10.1. The maximum atomic E-state index is 12.8. The van der Waals surface area contributed by atoms with E-state index in [1.54, 1.807) is 0 Å². The van der Waals surface area contributed by atoms with Crippen LogP contribution in [-0.2, 0) is 16.0 Å². The Bertz CT molecular complexity index is 787. The number of alkyl halides is 3. The van der Waals surface area contributed by atoms with E-state index in [0.29, 0.717) is 5.56 Å². The Balaban J connectivity index is 2.52. The molecule has 0 amide bonds. The standard InChI is InChI=1S/C13H12F3N3O2S/c1-17-11-7-10(18-12(19-11)13(14,15)16)8-3-5-9(6-4-8)22(2,20)21/h3-7H,1-2H3,(H,17,18,19). The molecule has 0 atom stereocenters. The summed E-state index contributed by atoms with van der Waals surface area (Å²) in [6.07, 6.45) is -3.62. The molecular weight excluding hydrogens is 319 g/mol. The summed E-state index contributed by atoms with van der Waals surface area (Å²) in [6.45, 7) is 0. The highest BCUT2D eigenvalue weighted by atomic mass is 32.2. The maximum Gasteiger partial charge on any atom is 0.451 e. The molecule has 0 unspecified atom stereocenters. The van der Waals surface area contributed by atoms with Crippen molar-refractivity contribution in [1.82, 2.24) is 9.97 Å². The molecule has 22 heavy (non-hydrogen) atoms. The zero-order valence-electron chi connectivity index (χ0n) is 11.6. The molecule has 1 aromatic heterocycles. The molecular formula is C13H12F3N3O2S. The van der Waals surface area contributed by atoms with E-state index in [1.807, 2.05) is 0 Å². The Morgan fingerprint density at radius 2 is 1.68 bits per heavy atom. The van der Waals surface area contributed by atoms with Crippen molar-refractivity contribution in [1.29, 1.82) is 0 Å². The van der Waals surface area contributed by atoms with Crippen LogP contribution in [0.2, 0.25) is 0 Å². The topological polar surface area (TPSA) is 72.0 Å². The van der Waals surface area contributed by atoms with Crippen LogP contribution in [0, 0.1) is 0 Å². The number of aromatic nitrogens is 2. The van der Waals surface area contributed by atoms with E-state index >= 15 is 0 Å². The quantitative estimate of drug-likeness (QED) is 0.936. The highest BCUT2D eigenvalue weighted by molar-refractivity contribution is 7.90. The second-order valence-electron chi connectivity index (χ2n) is 4.51. The molecule has 0 saturated heterocycles. The minimum absolute atomic E-state index is 0.0181. The van der Waals surface area contributed by atoms with Crippen LogP contribution >= 0.6 is 0 Å². The van der Waals surface area contributed by atoms with Crippen molar-refractivity contribution in [2.45, 2.75) is 11.1 Å². The minimum atomic E-state index is -4.67. The van der Waals surface area contributed by atoms with Gasteiger partial charge in [0.2, 0.25) is 5.82 Å². The molecule has 0 spiro atoms. The third-order valence-electron chi connectivity index (χ3n) is 2.81. The van der Waals surface area contributed by atoms with E-state index in [1.165, 1.54) is 37.4 Å². The molecule has 0 bridgehead atoms. The smallest absolute Gasteiger partial charge is 0.373 e. The lowest BCUT2D eigenvalue weighted by Crippen LogP contribution is -2.13. The van der Waals surface area contributed by atoms with E-state index in [0.717, 1.165) is 6.26 Å². The molecule has 0 aliphatic rings. The van der Waals surface area contributed by atoms with Gasteiger partial charge in [-0.1, -0.05) is 12.1 Å². The van der Waals surface area contributed by atoms with Gasteiger partial charge in [-0.25, -0.2) is 18.4 Å². The molecule has 0 aliphatic heterocycles. The Morgan fingerprint density at radius 1 is 1.09 bits per heavy atom. The third kappa shape index (κ3) is 3.53. The molecule has 1 aromatic carbocycles. The Morgan fingerprint density at radius 3 is 2.14 bits per heavy atom. The van der Waals surface area contributed by atoms with Gasteiger partial charge in [0.25, 0.3) is 0 Å². The first-order valence-corrected chi connectivity index (χ1v) is 7.95. The van der Waals surface area contributed by atoms with Crippen LogP contribution in [-0.4, -0.2) is 31.7 Å². The number of hydrogen-bond donors (Lipinski definition) is 1. The highest BCUT2D eigenvalue weighted by Crippen LogP contribution is 2.30. The summed E-state index contributed by atoms with van der Waals surface area (Å²) < 4.78 is 61.1. The predicted molar refractivity (Wildman–Crippen MR) is 75.1 cm³/mol. The van der Waals surface area contributed by atoms with E-state index in [9.17, 15) is 21.6 Å². The average molecular weight is 331 g/mol. The summed E-state index contributed by atoms with van der Waals surface area (Å²) in [5.74, 6) is -1.24. The zero-order valence-corrected chi connectivity index (χ0v) is 12.5. The van der Waals surface area contributed by atoms with Crippen LogP contribution in [0.15, 0.2) is 35.2 Å². The lowest BCUT2D eigenvalue weighted by Gasteiger charge is -2.10. The first kappa shape index (κ1) is 16.2. The van der Waals surface area contributed by atoms with Gasteiger partial charge in [0.15, 0.2) is 9.84 Å². The number of sulfone groups is 1. The van der Waals surface area contributed by atoms with Gasteiger partial charge in [-0.3, -0.25) is 0 Å². The molecule has 2 aromatic rings. The lowest BCUT2D eigenvalue weighted by molar-refractivity contribution is -0.144. The number of nitrogens with zero attached hydrogens (tertiary/aromatic N) is 2. The molecule has 0 saturated carbocycles. The van der Waals surface area contributed by atoms with E-state index in [4.69, 9.17) is 0 Å². The van der Waals surface area contributed by atoms with Crippen LogP contribution < -0.4 is 5.32 Å². The normalized spacial score (nSPS) is 12.2. The highest BCUT2D eigenvalue weighted by Gasteiger charge is 2.35. The van der Waals surface area contributed by atoms with Gasteiger partial charge < -0.3 is 5.32 Å². The van der Waals surface area contributed by atoms with Crippen LogP contribution in [0.5, 0.6) is 0 Å². The van der Waals surface area contributed by atoms with Crippen molar-refractivity contribution in [2.24, 2.45) is 0 Å². The number of halogens is 3. The van der Waals surface area contributed by atoms with Crippen molar-refractivity contribution < 1.29 is 21.6 Å². The van der Waals surface area contributed by atoms with Crippen molar-refractivity contribution in [3.05, 3.63) is 36.2 Å². The molecule has 2 rings (SSSR count). The molecule has 0 aliphatic carbocycles. The van der Waals surface area contributed by atoms with Gasteiger partial charge in [0.1, 0.15) is 5.82 Å². The summed E-state index contributed by atoms with van der Waals surface area (Å²) in [7, 11) is -1.93. The van der Waals surface area contributed by atoms with Gasteiger partial charge in [0.05, 0.1) is 10.6 Å². The summed E-state index contributed by atoms with van der Waals surface area (Å²) >= 11 is 0. The summed E-state index contributed by atoms with van der Waals surface area (Å²) in [4.78, 5) is 6.93. The van der Waals surface area contributed by atoms with Crippen LogP contribution in [0.25, 0.3) is 11.3 Å². The third-order valence-corrected chi connectivity index (χ3v) is 3.94. The van der Waals surface area contributed by atoms with E-state index in [-0.39, 0.29) is 16.4 Å². The van der Waals surface area contributed by atoms with Crippen LogP contribution in [0.1, 0.15) is 5.82 Å². The average Bonchev–Trinajstić information content (AvgIpc) is 2.45. The fourth-order valence-corrected chi connectivity index (χ4v) is 2.35. The molecule has 1 N–H and O–H groups in total. The maximum absolute atomic E-state index is 12.8. The number of benzene rings is 1. The lowest BCUT2D eigenvalue weighted by atomic mass is 10.1. The van der Waals surface area contributed by atoms with E-state index < -0.39 is 21.8 Å². The van der Waals surface area contributed by atoms with Crippen LogP contribution in [0.3, 0.4) is 0 Å². The summed E-state index contributed by atoms with van der Waals surface area (Å²) in [5.41, 5.74) is 0.406. The van der Waals surface area contributed by atoms with Gasteiger partial charge in [-0.15, -0.1) is 0 Å². The Hall–Kier alpha value is -2.16. The molecule has 9 heteroatoms. The second-order valence-corrected chi connectivity index (χ2v) is 6.52. The molecule has 1 heterocycles. The van der Waals surface area contributed by atoms with Crippen molar-refractivity contribution in [3.63, 3.8) is 0 Å². The zero-order chi connectivity index (χ0) is 16.5. The van der Waals surface area contributed by atoms with Crippen LogP contribution in [0.4, 0.5) is 19.0 Å². The number of nitrogens with one attached hydrogen (secondary N) is 1. The van der Waals surface area contributed by atoms with Gasteiger partial charge in [0, 0.05) is 24.9 Å². The largest absolute Gasteiger partial charge is 0.451 e. The Labute approximate surface area is 125 Å². The fraction of sp³-hybridized carbons (Fsp3) is 0.231. The predicted octanol–water partition coefficient (Wildman–Crippen LogP) is 2.61. The second kappa shape index (κ2) is 5.56. The van der Waals surface area contributed by atoms with Crippen molar-refractivity contribution in [2.75, 3.05) is 18.6 Å². The first-order valence-electron chi connectivity index (χ1n) is 6.06. The molecule has 0 fully saturated rings. The summed E-state index contributed by atoms with van der Waals surface area (Å²) in [5, 5.41) is 2.54. The van der Waals surface area contributed by atoms with E-state index in [2.05, 4.69) is 15.3 Å². The molecule has 0 radical (unpaired) electrons. The van der Waals surface area contributed by atoms with Gasteiger partial charge in [-0.2, -0.15) is 13.2 Å². The number of hydrogen-bond acceptors (Lipinski definition) is 5. The monoisotopic (exact) mass is 331 g/mol. The SMILES string of the molecule is CNc1cc(-c2ccc(S(C)(=O)=O)cc2)nc(C(F)(F)F)n1. The van der Waals surface area contributed by atoms with Crippen molar-refractivity contribution in [3.8, 4) is 11.3 Å². The summed E-state index contributed by atoms with van der Waals surface area (Å²) in [6, 6.07) is 6.79. The van der Waals surface area contributed by atoms with Gasteiger partial charge >= 0.3 is 6.18 Å². The Kier molecular flexibility index (Phi) is 4.10. The molecule has 5 nitrogen and oxygen atoms in total. The van der Waals surface area contributed by atoms with Gasteiger partial charge in [-0.05, 0) is 12.1 Å². The fourth-order valence-electron chi connectivity index (χ4n) is 1.72. The molecule has 118 valence electrons.